The number of benzene rings is 2. The third kappa shape index (κ3) is 3.68. The Labute approximate surface area is 136 Å². The zero-order valence-corrected chi connectivity index (χ0v) is 13.8. The summed E-state index contributed by atoms with van der Waals surface area (Å²) in [5.41, 5.74) is 0.908. The number of methoxy groups -OCH3 is 2. The second-order valence-corrected chi connectivity index (χ2v) is 5.50. The Bertz CT molecular complexity index is 676. The van der Waals surface area contributed by atoms with Crippen molar-refractivity contribution in [3.63, 3.8) is 0 Å². The number of nitrogens with one attached hydrogen (secondary N) is 1. The molecule has 2 aromatic rings. The topological polar surface area (TPSA) is 47.6 Å². The van der Waals surface area contributed by atoms with Crippen molar-refractivity contribution in [3.8, 4) is 11.5 Å². The van der Waals surface area contributed by atoms with E-state index in [1.165, 1.54) is 14.2 Å². The Morgan fingerprint density at radius 1 is 1.10 bits per heavy atom. The molecule has 0 aromatic heterocycles. The summed E-state index contributed by atoms with van der Waals surface area (Å²) in [6.45, 7) is 0. The summed E-state index contributed by atoms with van der Waals surface area (Å²) in [5.74, 6) is 0.701. The van der Waals surface area contributed by atoms with Crippen LogP contribution in [-0.2, 0) is 0 Å². The predicted octanol–water partition coefficient (Wildman–Crippen LogP) is 4.37. The number of ether oxygens (including phenoxy) is 2. The van der Waals surface area contributed by atoms with Crippen LogP contribution in [0.15, 0.2) is 40.9 Å². The van der Waals surface area contributed by atoms with Crippen LogP contribution in [-0.4, -0.2) is 20.1 Å². The van der Waals surface area contributed by atoms with Crippen molar-refractivity contribution in [2.75, 3.05) is 19.5 Å². The van der Waals surface area contributed by atoms with E-state index in [0.717, 1.165) is 4.47 Å². The Balaban J connectivity index is 2.34. The average molecular weight is 371 g/mol. The van der Waals surface area contributed by atoms with Gasteiger partial charge in [0.2, 0.25) is 0 Å². The average Bonchev–Trinajstić information content (AvgIpc) is 2.47. The summed E-state index contributed by atoms with van der Waals surface area (Å²) < 4.78 is 11.2. The molecule has 2 aromatic carbocycles. The first-order valence-corrected chi connectivity index (χ1v) is 7.20. The van der Waals surface area contributed by atoms with Gasteiger partial charge in [-0.15, -0.1) is 0 Å². The van der Waals surface area contributed by atoms with Crippen molar-refractivity contribution >= 4 is 39.1 Å². The van der Waals surface area contributed by atoms with Crippen molar-refractivity contribution in [2.45, 2.75) is 0 Å². The summed E-state index contributed by atoms with van der Waals surface area (Å²) in [5, 5.41) is 3.28. The zero-order valence-electron chi connectivity index (χ0n) is 11.4. The maximum absolute atomic E-state index is 12.4. The van der Waals surface area contributed by atoms with Crippen LogP contribution in [0.3, 0.4) is 0 Å². The minimum Gasteiger partial charge on any atom is -0.496 e. The number of hydrogen-bond donors (Lipinski definition) is 1. The van der Waals surface area contributed by atoms with Crippen LogP contribution in [0.2, 0.25) is 5.02 Å². The molecule has 0 aliphatic heterocycles. The summed E-state index contributed by atoms with van der Waals surface area (Å²) in [4.78, 5) is 12.4. The van der Waals surface area contributed by atoms with Gasteiger partial charge in [-0.05, 0) is 36.4 Å². The fourth-order valence-electron chi connectivity index (χ4n) is 1.83. The fourth-order valence-corrected chi connectivity index (χ4v) is 2.36. The lowest BCUT2D eigenvalue weighted by atomic mass is 10.2. The van der Waals surface area contributed by atoms with Gasteiger partial charge in [-0.2, -0.15) is 0 Å². The van der Waals surface area contributed by atoms with Crippen LogP contribution in [0.4, 0.5) is 5.69 Å². The molecular formula is C15H13BrClNO3. The number of anilines is 1. The summed E-state index contributed by atoms with van der Waals surface area (Å²) in [6, 6.07) is 10.2. The van der Waals surface area contributed by atoms with Crippen molar-refractivity contribution in [2.24, 2.45) is 0 Å². The third-order valence-electron chi connectivity index (χ3n) is 2.82. The minimum atomic E-state index is -0.311. The van der Waals surface area contributed by atoms with Gasteiger partial charge < -0.3 is 14.8 Å². The van der Waals surface area contributed by atoms with Gasteiger partial charge in [0.1, 0.15) is 11.5 Å². The Kier molecular flexibility index (Phi) is 5.09. The largest absolute Gasteiger partial charge is 0.496 e. The van der Waals surface area contributed by atoms with Crippen LogP contribution in [0.1, 0.15) is 10.4 Å². The molecular weight excluding hydrogens is 358 g/mol. The Morgan fingerprint density at radius 3 is 2.43 bits per heavy atom. The molecule has 0 unspecified atom stereocenters. The van der Waals surface area contributed by atoms with Crippen LogP contribution in [0.5, 0.6) is 11.5 Å². The van der Waals surface area contributed by atoms with E-state index in [1.54, 1.807) is 36.4 Å². The molecule has 6 heteroatoms. The molecule has 0 spiro atoms. The van der Waals surface area contributed by atoms with Crippen molar-refractivity contribution in [3.05, 3.63) is 51.5 Å². The van der Waals surface area contributed by atoms with Gasteiger partial charge in [-0.1, -0.05) is 27.5 Å². The maximum Gasteiger partial charge on any atom is 0.259 e. The molecule has 2 rings (SSSR count). The molecule has 1 N–H and O–H groups in total. The number of carbonyl (C=O) groups excluding carboxylic acids is 1. The zero-order chi connectivity index (χ0) is 15.4. The molecule has 0 saturated carbocycles. The highest BCUT2D eigenvalue weighted by atomic mass is 79.9. The summed E-state index contributed by atoms with van der Waals surface area (Å²) in [6.07, 6.45) is 0. The predicted molar refractivity (Wildman–Crippen MR) is 86.7 cm³/mol. The second-order valence-electron chi connectivity index (χ2n) is 4.14. The van der Waals surface area contributed by atoms with Crippen molar-refractivity contribution in [1.29, 1.82) is 0 Å². The van der Waals surface area contributed by atoms with Gasteiger partial charge in [0.15, 0.2) is 0 Å². The molecule has 0 aliphatic rings. The lowest BCUT2D eigenvalue weighted by Gasteiger charge is -2.12. The highest BCUT2D eigenvalue weighted by molar-refractivity contribution is 9.10. The molecule has 0 aliphatic carbocycles. The number of carbonyl (C=O) groups is 1. The number of rotatable bonds is 4. The SMILES string of the molecule is COc1ccc(Cl)cc1NC(=O)c1cc(Br)ccc1OC. The Hall–Kier alpha value is -1.72. The van der Waals surface area contributed by atoms with Crippen LogP contribution < -0.4 is 14.8 Å². The smallest absolute Gasteiger partial charge is 0.259 e. The lowest BCUT2D eigenvalue weighted by molar-refractivity contribution is 0.102. The normalized spacial score (nSPS) is 10.1. The lowest BCUT2D eigenvalue weighted by Crippen LogP contribution is -2.14. The molecule has 0 fully saturated rings. The van der Waals surface area contributed by atoms with Crippen molar-refractivity contribution in [1.82, 2.24) is 0 Å². The van der Waals surface area contributed by atoms with E-state index in [-0.39, 0.29) is 5.91 Å². The number of hydrogen-bond acceptors (Lipinski definition) is 3. The highest BCUT2D eigenvalue weighted by Gasteiger charge is 2.15. The molecule has 1 amide bonds. The first-order valence-electron chi connectivity index (χ1n) is 6.03. The molecule has 0 bridgehead atoms. The molecule has 0 heterocycles. The van der Waals surface area contributed by atoms with E-state index < -0.39 is 0 Å². The molecule has 0 atom stereocenters. The van der Waals surface area contributed by atoms with E-state index in [4.69, 9.17) is 21.1 Å². The highest BCUT2D eigenvalue weighted by Crippen LogP contribution is 2.30. The van der Waals surface area contributed by atoms with E-state index >= 15 is 0 Å². The van der Waals surface area contributed by atoms with Crippen LogP contribution in [0.25, 0.3) is 0 Å². The molecule has 0 saturated heterocycles. The number of halogens is 2. The van der Waals surface area contributed by atoms with E-state index in [9.17, 15) is 4.79 Å². The summed E-state index contributed by atoms with van der Waals surface area (Å²) in [7, 11) is 3.04. The van der Waals surface area contributed by atoms with Gasteiger partial charge in [0.25, 0.3) is 5.91 Å². The minimum absolute atomic E-state index is 0.311. The Morgan fingerprint density at radius 2 is 1.76 bits per heavy atom. The monoisotopic (exact) mass is 369 g/mol. The molecule has 0 radical (unpaired) electrons. The van der Waals surface area contributed by atoms with Crippen LogP contribution in [0, 0.1) is 0 Å². The van der Waals surface area contributed by atoms with Gasteiger partial charge in [-0.25, -0.2) is 0 Å². The van der Waals surface area contributed by atoms with E-state index in [0.29, 0.717) is 27.8 Å². The third-order valence-corrected chi connectivity index (χ3v) is 3.54. The van der Waals surface area contributed by atoms with Gasteiger partial charge in [0.05, 0.1) is 25.5 Å². The maximum atomic E-state index is 12.4. The fraction of sp³-hybridized carbons (Fsp3) is 0.133. The molecule has 21 heavy (non-hydrogen) atoms. The first kappa shape index (κ1) is 15.7. The summed E-state index contributed by atoms with van der Waals surface area (Å²) >= 11 is 9.29. The van der Waals surface area contributed by atoms with E-state index in [1.807, 2.05) is 0 Å². The second kappa shape index (κ2) is 6.83. The quantitative estimate of drug-likeness (QED) is 0.869. The van der Waals surface area contributed by atoms with Gasteiger partial charge >= 0.3 is 0 Å². The standard InChI is InChI=1S/C15H13BrClNO3/c1-20-13-5-3-9(16)7-11(13)15(19)18-12-8-10(17)4-6-14(12)21-2/h3-8H,1-2H3,(H,18,19). The number of amides is 1. The van der Waals surface area contributed by atoms with Gasteiger partial charge in [-0.3, -0.25) is 4.79 Å². The van der Waals surface area contributed by atoms with Crippen molar-refractivity contribution < 1.29 is 14.3 Å². The molecule has 110 valence electrons. The van der Waals surface area contributed by atoms with Crippen LogP contribution >= 0.6 is 27.5 Å². The van der Waals surface area contributed by atoms with Gasteiger partial charge in [0, 0.05) is 9.50 Å². The van der Waals surface area contributed by atoms with E-state index in [2.05, 4.69) is 21.2 Å². The molecule has 4 nitrogen and oxygen atoms in total. The first-order chi connectivity index (χ1) is 10.0.